The second-order valence-corrected chi connectivity index (χ2v) is 8.02. The summed E-state index contributed by atoms with van der Waals surface area (Å²) in [6.07, 6.45) is 0. The Bertz CT molecular complexity index is 1260. The van der Waals surface area contributed by atoms with Gasteiger partial charge < -0.3 is 11.5 Å². The number of hydrogen-bond donors (Lipinski definition) is 2. The Balaban J connectivity index is 1.84. The predicted molar refractivity (Wildman–Crippen MR) is 120 cm³/mol. The van der Waals surface area contributed by atoms with Crippen molar-refractivity contribution in [3.63, 3.8) is 0 Å². The van der Waals surface area contributed by atoms with Crippen molar-refractivity contribution in [2.45, 2.75) is 0 Å². The number of aromatic nitrogens is 2. The van der Waals surface area contributed by atoms with Crippen molar-refractivity contribution in [2.24, 2.45) is 0 Å². The maximum Gasteiger partial charge on any atom is 0.0993 e. The van der Waals surface area contributed by atoms with Gasteiger partial charge in [0.15, 0.2) is 0 Å². The zero-order chi connectivity index (χ0) is 19.1. The van der Waals surface area contributed by atoms with E-state index in [2.05, 4.69) is 33.7 Å². The summed E-state index contributed by atoms with van der Waals surface area (Å²) in [5, 5.41) is 8.31. The molecule has 3 heterocycles. The zero-order valence-corrected chi connectivity index (χ0v) is 16.4. The Labute approximate surface area is 170 Å². The van der Waals surface area contributed by atoms with Gasteiger partial charge in [-0.05, 0) is 52.7 Å². The molecular weight excluding hydrogens is 384 g/mol. The fourth-order valence-corrected chi connectivity index (χ4v) is 4.57. The molecule has 28 heavy (non-hydrogen) atoms. The number of benzene rings is 2. The number of hydrogen-bond acceptors (Lipinski definition) is 6. The number of anilines is 2. The highest BCUT2D eigenvalue weighted by Gasteiger charge is 2.17. The van der Waals surface area contributed by atoms with E-state index in [1.54, 1.807) is 22.7 Å². The first-order chi connectivity index (χ1) is 13.7. The number of fused-ring (bicyclic) bond motifs is 1. The lowest BCUT2D eigenvalue weighted by Gasteiger charge is -2.13. The van der Waals surface area contributed by atoms with Crippen molar-refractivity contribution in [3.8, 4) is 33.6 Å². The molecule has 2 aromatic carbocycles. The van der Waals surface area contributed by atoms with Gasteiger partial charge in [-0.25, -0.2) is 9.97 Å². The third-order valence-electron chi connectivity index (χ3n) is 4.66. The van der Waals surface area contributed by atoms with Crippen LogP contribution in [0.1, 0.15) is 0 Å². The average molecular weight is 401 g/mol. The van der Waals surface area contributed by atoms with Crippen LogP contribution >= 0.6 is 22.7 Å². The van der Waals surface area contributed by atoms with E-state index in [0.717, 1.165) is 44.7 Å². The molecule has 0 atom stereocenters. The van der Waals surface area contributed by atoms with Crippen LogP contribution in [0.5, 0.6) is 0 Å². The molecule has 3 aromatic heterocycles. The van der Waals surface area contributed by atoms with E-state index < -0.39 is 0 Å². The van der Waals surface area contributed by atoms with E-state index >= 15 is 0 Å². The van der Waals surface area contributed by atoms with Crippen molar-refractivity contribution < 1.29 is 0 Å². The first-order valence-electron chi connectivity index (χ1n) is 8.72. The zero-order valence-electron chi connectivity index (χ0n) is 14.8. The SMILES string of the molecule is Nc1ccc(-c2c(N)ccc3nc(-c4ccsc4)c(-c4ccsc4)nc23)cc1. The highest BCUT2D eigenvalue weighted by molar-refractivity contribution is 7.08. The smallest absolute Gasteiger partial charge is 0.0993 e. The molecule has 0 spiro atoms. The lowest BCUT2D eigenvalue weighted by atomic mass is 10.00. The second kappa shape index (κ2) is 6.74. The van der Waals surface area contributed by atoms with E-state index in [9.17, 15) is 0 Å². The fourth-order valence-electron chi connectivity index (χ4n) is 3.29. The molecule has 0 bridgehead atoms. The number of nitrogen functional groups attached to an aromatic ring is 2. The second-order valence-electron chi connectivity index (χ2n) is 6.46. The minimum absolute atomic E-state index is 0.672. The Morgan fingerprint density at radius 1 is 0.643 bits per heavy atom. The first kappa shape index (κ1) is 16.9. The first-order valence-corrected chi connectivity index (χ1v) is 10.6. The number of nitrogens with zero attached hydrogens (tertiary/aromatic N) is 2. The predicted octanol–water partition coefficient (Wildman–Crippen LogP) is 5.92. The fraction of sp³-hybridized carbons (Fsp3) is 0. The number of nitrogens with two attached hydrogens (primary N) is 2. The van der Waals surface area contributed by atoms with Gasteiger partial charge in [0, 0.05) is 38.8 Å². The third-order valence-corrected chi connectivity index (χ3v) is 6.02. The quantitative estimate of drug-likeness (QED) is 0.369. The summed E-state index contributed by atoms with van der Waals surface area (Å²) in [6.45, 7) is 0. The van der Waals surface area contributed by atoms with Crippen LogP contribution in [0.4, 0.5) is 11.4 Å². The standard InChI is InChI=1S/C22H16N4S2/c23-16-3-1-13(2-4-16)19-17(24)5-6-18-22(19)26-21(15-8-10-28-12-15)20(25-18)14-7-9-27-11-14/h1-12H,23-24H2. The van der Waals surface area contributed by atoms with Crippen molar-refractivity contribution >= 4 is 45.1 Å². The van der Waals surface area contributed by atoms with E-state index in [1.165, 1.54) is 0 Å². The molecule has 0 radical (unpaired) electrons. The summed E-state index contributed by atoms with van der Waals surface area (Å²) in [5.41, 5.74) is 21.0. The minimum Gasteiger partial charge on any atom is -0.399 e. The van der Waals surface area contributed by atoms with Gasteiger partial charge in [-0.1, -0.05) is 12.1 Å². The average Bonchev–Trinajstić information content (AvgIpc) is 3.42. The molecule has 6 heteroatoms. The molecule has 0 aliphatic rings. The highest BCUT2D eigenvalue weighted by Crippen LogP contribution is 2.38. The molecule has 5 rings (SSSR count). The summed E-state index contributed by atoms with van der Waals surface area (Å²) in [5.74, 6) is 0. The largest absolute Gasteiger partial charge is 0.399 e. The molecule has 5 aromatic rings. The summed E-state index contributed by atoms with van der Waals surface area (Å²) in [4.78, 5) is 10.1. The van der Waals surface area contributed by atoms with Gasteiger partial charge in [-0.15, -0.1) is 0 Å². The van der Waals surface area contributed by atoms with Gasteiger partial charge in [-0.2, -0.15) is 22.7 Å². The molecule has 0 saturated carbocycles. The molecule has 0 unspecified atom stereocenters. The summed E-state index contributed by atoms with van der Waals surface area (Å²) >= 11 is 3.30. The normalized spacial score (nSPS) is 11.1. The molecule has 4 N–H and O–H groups in total. The van der Waals surface area contributed by atoms with Crippen LogP contribution in [0, 0.1) is 0 Å². The lowest BCUT2D eigenvalue weighted by molar-refractivity contribution is 1.30. The monoisotopic (exact) mass is 400 g/mol. The Morgan fingerprint density at radius 3 is 1.89 bits per heavy atom. The number of rotatable bonds is 3. The van der Waals surface area contributed by atoms with Crippen molar-refractivity contribution in [2.75, 3.05) is 11.5 Å². The molecule has 136 valence electrons. The highest BCUT2D eigenvalue weighted by atomic mass is 32.1. The Hall–Kier alpha value is -3.22. The van der Waals surface area contributed by atoms with Crippen molar-refractivity contribution in [1.82, 2.24) is 9.97 Å². The van der Waals surface area contributed by atoms with Crippen LogP contribution < -0.4 is 11.5 Å². The lowest BCUT2D eigenvalue weighted by Crippen LogP contribution is -1.99. The molecule has 4 nitrogen and oxygen atoms in total. The van der Waals surface area contributed by atoms with Gasteiger partial charge in [-0.3, -0.25) is 0 Å². The van der Waals surface area contributed by atoms with Crippen LogP contribution in [-0.2, 0) is 0 Å². The minimum atomic E-state index is 0.672. The van der Waals surface area contributed by atoms with Crippen LogP contribution in [0.2, 0.25) is 0 Å². The maximum atomic E-state index is 6.36. The van der Waals surface area contributed by atoms with E-state index in [0.29, 0.717) is 11.4 Å². The molecule has 0 aliphatic heterocycles. The third kappa shape index (κ3) is 2.83. The summed E-state index contributed by atoms with van der Waals surface area (Å²) in [7, 11) is 0. The van der Waals surface area contributed by atoms with Crippen molar-refractivity contribution in [1.29, 1.82) is 0 Å². The van der Waals surface area contributed by atoms with Gasteiger partial charge in [0.2, 0.25) is 0 Å². The van der Waals surface area contributed by atoms with E-state index in [1.807, 2.05) is 36.4 Å². The van der Waals surface area contributed by atoms with Crippen LogP contribution in [-0.4, -0.2) is 9.97 Å². The van der Waals surface area contributed by atoms with Crippen LogP contribution in [0.25, 0.3) is 44.7 Å². The van der Waals surface area contributed by atoms with Crippen LogP contribution in [0.15, 0.2) is 70.1 Å². The maximum absolute atomic E-state index is 6.36. The van der Waals surface area contributed by atoms with Crippen molar-refractivity contribution in [3.05, 3.63) is 70.1 Å². The molecule has 0 aliphatic carbocycles. The van der Waals surface area contributed by atoms with Crippen LogP contribution in [0.3, 0.4) is 0 Å². The number of thiophene rings is 2. The molecule has 0 saturated heterocycles. The van der Waals surface area contributed by atoms with E-state index in [4.69, 9.17) is 21.4 Å². The van der Waals surface area contributed by atoms with Gasteiger partial charge in [0.25, 0.3) is 0 Å². The molecule has 0 fully saturated rings. The summed E-state index contributed by atoms with van der Waals surface area (Å²) in [6, 6.07) is 15.7. The Morgan fingerprint density at radius 2 is 1.29 bits per heavy atom. The summed E-state index contributed by atoms with van der Waals surface area (Å²) < 4.78 is 0. The Kier molecular flexibility index (Phi) is 4.07. The molecule has 0 amide bonds. The van der Waals surface area contributed by atoms with Gasteiger partial charge in [0.1, 0.15) is 0 Å². The molecular formula is C22H16N4S2. The topological polar surface area (TPSA) is 77.8 Å². The van der Waals surface area contributed by atoms with Gasteiger partial charge in [0.05, 0.1) is 22.4 Å². The van der Waals surface area contributed by atoms with E-state index in [-0.39, 0.29) is 0 Å². The van der Waals surface area contributed by atoms with Gasteiger partial charge >= 0.3 is 0 Å².